The van der Waals surface area contributed by atoms with E-state index in [4.69, 9.17) is 11.6 Å². The molecule has 2 atom stereocenters. The first-order valence-electron chi connectivity index (χ1n) is 6.92. The van der Waals surface area contributed by atoms with E-state index < -0.39 is 0 Å². The molecule has 1 aromatic rings. The molecule has 0 radical (unpaired) electrons. The van der Waals surface area contributed by atoms with E-state index in [0.29, 0.717) is 12.0 Å². The fraction of sp³-hybridized carbons (Fsp3) is 0.600. The van der Waals surface area contributed by atoms with Crippen LogP contribution >= 0.6 is 11.6 Å². The van der Waals surface area contributed by atoms with E-state index in [1.54, 1.807) is 12.1 Å². The minimum atomic E-state index is -0.293. The van der Waals surface area contributed by atoms with Gasteiger partial charge in [0.2, 0.25) is 0 Å². The molecule has 18 heavy (non-hydrogen) atoms. The van der Waals surface area contributed by atoms with Crippen molar-refractivity contribution in [2.45, 2.75) is 44.1 Å². The van der Waals surface area contributed by atoms with Gasteiger partial charge in [0.1, 0.15) is 5.82 Å². The second kappa shape index (κ2) is 5.18. The van der Waals surface area contributed by atoms with Crippen LogP contribution in [0.15, 0.2) is 18.2 Å². The highest BCUT2D eigenvalue weighted by molar-refractivity contribution is 6.30. The molecule has 2 unspecified atom stereocenters. The Balaban J connectivity index is 1.69. The Morgan fingerprint density at radius 1 is 1.22 bits per heavy atom. The molecular weight excluding hydrogens is 249 g/mol. The lowest BCUT2D eigenvalue weighted by Crippen LogP contribution is -2.28. The largest absolute Gasteiger partial charge is 0.313 e. The van der Waals surface area contributed by atoms with Crippen molar-refractivity contribution in [1.29, 1.82) is 0 Å². The summed E-state index contributed by atoms with van der Waals surface area (Å²) in [7, 11) is 0. The van der Waals surface area contributed by atoms with Gasteiger partial charge in [0.15, 0.2) is 0 Å². The fourth-order valence-electron chi connectivity index (χ4n) is 3.51. The summed E-state index contributed by atoms with van der Waals surface area (Å²) in [5.41, 5.74) is 1.09. The Bertz CT molecular complexity index is 429. The van der Waals surface area contributed by atoms with Crippen LogP contribution in [0, 0.1) is 11.7 Å². The van der Waals surface area contributed by atoms with Gasteiger partial charge in [-0.2, -0.15) is 0 Å². The number of benzene rings is 1. The van der Waals surface area contributed by atoms with Gasteiger partial charge in [0.25, 0.3) is 0 Å². The van der Waals surface area contributed by atoms with Crippen LogP contribution in [-0.4, -0.2) is 12.6 Å². The molecule has 0 amide bonds. The molecular formula is C15H19ClFN. The van der Waals surface area contributed by atoms with Gasteiger partial charge >= 0.3 is 0 Å². The SMILES string of the molecule is Fc1cc(C2CNC(C3CCCC3)C2)ccc1Cl. The zero-order valence-electron chi connectivity index (χ0n) is 10.5. The van der Waals surface area contributed by atoms with Crippen LogP contribution < -0.4 is 5.32 Å². The molecule has 1 nitrogen and oxygen atoms in total. The first-order chi connectivity index (χ1) is 8.74. The van der Waals surface area contributed by atoms with E-state index in [0.717, 1.165) is 24.4 Å². The van der Waals surface area contributed by atoms with Crippen LogP contribution in [0.5, 0.6) is 0 Å². The summed E-state index contributed by atoms with van der Waals surface area (Å²) < 4.78 is 13.5. The van der Waals surface area contributed by atoms with Crippen LogP contribution in [0.3, 0.4) is 0 Å². The molecule has 1 N–H and O–H groups in total. The van der Waals surface area contributed by atoms with Crippen molar-refractivity contribution in [2.75, 3.05) is 6.54 Å². The molecule has 2 aliphatic rings. The van der Waals surface area contributed by atoms with Gasteiger partial charge in [-0.1, -0.05) is 30.5 Å². The fourth-order valence-corrected chi connectivity index (χ4v) is 3.62. The molecule has 1 saturated carbocycles. The van der Waals surface area contributed by atoms with Crippen LogP contribution in [-0.2, 0) is 0 Å². The van der Waals surface area contributed by atoms with E-state index >= 15 is 0 Å². The molecule has 1 aromatic carbocycles. The highest BCUT2D eigenvalue weighted by Gasteiger charge is 2.32. The lowest BCUT2D eigenvalue weighted by Gasteiger charge is -2.18. The van der Waals surface area contributed by atoms with Gasteiger partial charge in [-0.25, -0.2) is 4.39 Å². The first-order valence-corrected chi connectivity index (χ1v) is 7.30. The van der Waals surface area contributed by atoms with E-state index in [1.807, 2.05) is 6.07 Å². The maximum absolute atomic E-state index is 13.5. The minimum absolute atomic E-state index is 0.219. The number of hydrogen-bond acceptors (Lipinski definition) is 1. The predicted molar refractivity (Wildman–Crippen MR) is 72.5 cm³/mol. The second-order valence-corrected chi connectivity index (χ2v) is 6.07. The molecule has 0 bridgehead atoms. The van der Waals surface area contributed by atoms with Gasteiger partial charge in [0, 0.05) is 12.6 Å². The van der Waals surface area contributed by atoms with Gasteiger partial charge in [-0.3, -0.25) is 0 Å². The Morgan fingerprint density at radius 2 is 2.00 bits per heavy atom. The molecule has 1 heterocycles. The smallest absolute Gasteiger partial charge is 0.142 e. The number of rotatable bonds is 2. The minimum Gasteiger partial charge on any atom is -0.313 e. The Kier molecular flexibility index (Phi) is 3.58. The predicted octanol–water partition coefficient (Wildman–Crippen LogP) is 4.11. The van der Waals surface area contributed by atoms with E-state index in [1.165, 1.54) is 25.7 Å². The van der Waals surface area contributed by atoms with Gasteiger partial charge in [-0.15, -0.1) is 0 Å². The Morgan fingerprint density at radius 3 is 2.72 bits per heavy atom. The molecule has 98 valence electrons. The zero-order valence-corrected chi connectivity index (χ0v) is 11.2. The molecule has 1 aliphatic heterocycles. The number of nitrogens with one attached hydrogen (secondary N) is 1. The lowest BCUT2D eigenvalue weighted by atomic mass is 9.90. The standard InChI is InChI=1S/C15H19ClFN/c16-13-6-5-11(7-14(13)17)12-8-15(18-9-12)10-3-1-2-4-10/h5-7,10,12,15,18H,1-4,8-9H2. The Hall–Kier alpha value is -0.600. The highest BCUT2D eigenvalue weighted by Crippen LogP contribution is 2.36. The first kappa shape index (κ1) is 12.4. The summed E-state index contributed by atoms with van der Waals surface area (Å²) in [5.74, 6) is 0.994. The zero-order chi connectivity index (χ0) is 12.5. The lowest BCUT2D eigenvalue weighted by molar-refractivity contribution is 0.396. The van der Waals surface area contributed by atoms with Crippen molar-refractivity contribution in [2.24, 2.45) is 5.92 Å². The second-order valence-electron chi connectivity index (χ2n) is 5.67. The van der Waals surface area contributed by atoms with Crippen LogP contribution in [0.2, 0.25) is 5.02 Å². The van der Waals surface area contributed by atoms with E-state index in [2.05, 4.69) is 5.32 Å². The normalized spacial score (nSPS) is 29.0. The third-order valence-corrected chi connectivity index (χ3v) is 4.86. The average Bonchev–Trinajstić information content (AvgIpc) is 3.01. The Labute approximate surface area is 113 Å². The van der Waals surface area contributed by atoms with Crippen molar-refractivity contribution >= 4 is 11.6 Å². The monoisotopic (exact) mass is 267 g/mol. The van der Waals surface area contributed by atoms with Gasteiger partial charge in [0.05, 0.1) is 5.02 Å². The van der Waals surface area contributed by atoms with Crippen molar-refractivity contribution < 1.29 is 4.39 Å². The summed E-state index contributed by atoms with van der Waals surface area (Å²) in [6.07, 6.45) is 6.62. The third kappa shape index (κ3) is 2.41. The van der Waals surface area contributed by atoms with E-state index in [9.17, 15) is 4.39 Å². The number of hydrogen-bond donors (Lipinski definition) is 1. The van der Waals surface area contributed by atoms with E-state index in [-0.39, 0.29) is 10.8 Å². The van der Waals surface area contributed by atoms with Crippen LogP contribution in [0.25, 0.3) is 0 Å². The molecule has 2 fully saturated rings. The molecule has 3 heteroatoms. The van der Waals surface area contributed by atoms with Crippen molar-refractivity contribution in [3.8, 4) is 0 Å². The van der Waals surface area contributed by atoms with Gasteiger partial charge in [-0.05, 0) is 48.8 Å². The summed E-state index contributed by atoms with van der Waals surface area (Å²) in [4.78, 5) is 0. The maximum atomic E-state index is 13.5. The number of halogens is 2. The molecule has 0 spiro atoms. The molecule has 1 aliphatic carbocycles. The van der Waals surface area contributed by atoms with Crippen molar-refractivity contribution in [3.05, 3.63) is 34.6 Å². The quantitative estimate of drug-likeness (QED) is 0.850. The van der Waals surface area contributed by atoms with Crippen LogP contribution in [0.1, 0.15) is 43.6 Å². The maximum Gasteiger partial charge on any atom is 0.142 e. The third-order valence-electron chi connectivity index (χ3n) is 4.55. The average molecular weight is 268 g/mol. The summed E-state index contributed by atoms with van der Waals surface area (Å²) in [6.45, 7) is 0.974. The van der Waals surface area contributed by atoms with Crippen molar-refractivity contribution in [1.82, 2.24) is 5.32 Å². The summed E-state index contributed by atoms with van der Waals surface area (Å²) >= 11 is 5.73. The van der Waals surface area contributed by atoms with Gasteiger partial charge < -0.3 is 5.32 Å². The highest BCUT2D eigenvalue weighted by atomic mass is 35.5. The molecule has 1 saturated heterocycles. The summed E-state index contributed by atoms with van der Waals surface area (Å²) in [5, 5.41) is 3.85. The molecule has 3 rings (SSSR count). The topological polar surface area (TPSA) is 12.0 Å². The summed E-state index contributed by atoms with van der Waals surface area (Å²) in [6, 6.07) is 5.88. The van der Waals surface area contributed by atoms with Crippen LogP contribution in [0.4, 0.5) is 4.39 Å². The van der Waals surface area contributed by atoms with Crippen molar-refractivity contribution in [3.63, 3.8) is 0 Å². The molecule has 0 aromatic heterocycles.